The third-order valence-corrected chi connectivity index (χ3v) is 4.15. The summed E-state index contributed by atoms with van der Waals surface area (Å²) in [5.74, 6) is 1.47. The fourth-order valence-corrected chi connectivity index (χ4v) is 2.17. The van der Waals surface area contributed by atoms with E-state index in [1.807, 2.05) is 24.3 Å². The molecule has 0 heterocycles. The molecule has 2 radical (unpaired) electrons. The number of hydrogen-bond donors (Lipinski definition) is 0. The number of rotatable bonds is 0. The van der Waals surface area contributed by atoms with Crippen LogP contribution in [0.5, 0.6) is 0 Å². The minimum absolute atomic E-state index is 0. The summed E-state index contributed by atoms with van der Waals surface area (Å²) in [6.45, 7) is 11.0. The maximum absolute atomic E-state index is 9.56. The van der Waals surface area contributed by atoms with E-state index in [1.54, 1.807) is 12.5 Å². The Morgan fingerprint density at radius 3 is 1.48 bits per heavy atom. The van der Waals surface area contributed by atoms with Gasteiger partial charge in [0.05, 0.1) is 0 Å². The monoisotopic (exact) mass is 624 g/mol. The molecular formula is C19H28IIrOS-2. The van der Waals surface area contributed by atoms with Gasteiger partial charge in [0, 0.05) is 49.3 Å². The van der Waals surface area contributed by atoms with Crippen LogP contribution >= 0.6 is 22.6 Å². The van der Waals surface area contributed by atoms with Crippen LogP contribution in [0, 0.1) is 23.0 Å². The Bertz CT molecular complexity index is 508. The Morgan fingerprint density at radius 2 is 1.35 bits per heavy atom. The van der Waals surface area contributed by atoms with Crippen molar-refractivity contribution in [3.63, 3.8) is 0 Å². The first kappa shape index (κ1) is 28.0. The third kappa shape index (κ3) is 11.4. The van der Waals surface area contributed by atoms with Crippen LogP contribution in [0.2, 0.25) is 0 Å². The Labute approximate surface area is 173 Å². The summed E-state index contributed by atoms with van der Waals surface area (Å²) < 4.78 is 10.8. The molecule has 0 fully saturated rings. The molecular weight excluding hydrogens is 595 g/mol. The van der Waals surface area contributed by atoms with Crippen molar-refractivity contribution in [1.82, 2.24) is 0 Å². The minimum atomic E-state index is -0.611. The maximum atomic E-state index is 9.56. The number of benzene rings is 1. The van der Waals surface area contributed by atoms with Gasteiger partial charge in [-0.3, -0.25) is 4.21 Å². The summed E-state index contributed by atoms with van der Waals surface area (Å²) in [7, 11) is -0.611. The van der Waals surface area contributed by atoms with Gasteiger partial charge in [-0.2, -0.15) is 30.3 Å². The van der Waals surface area contributed by atoms with Gasteiger partial charge < -0.3 is 7.43 Å². The average Bonchev–Trinajstić information content (AvgIpc) is 2.58. The smallest absolute Gasteiger partial charge is 0.0226 e. The standard InChI is InChI=1S/C10H15.C6H4I.C2H6OS.CH3.Ir/c1-6-7(2)9(4)10(5)8(6)3;7-6-4-2-1-3-5-6;1-4(2)3;;/h1-5H3;1-2,4-5H;1-2H3;1H3;/q;-1;;-1;. The Kier molecular flexibility index (Phi) is 17.8. The second kappa shape index (κ2) is 14.6. The summed E-state index contributed by atoms with van der Waals surface area (Å²) in [5.41, 5.74) is 5.87. The molecule has 0 saturated heterocycles. The van der Waals surface area contributed by atoms with Crippen LogP contribution in [0.1, 0.15) is 34.6 Å². The molecule has 1 aliphatic carbocycles. The average molecular weight is 624 g/mol. The van der Waals surface area contributed by atoms with Crippen molar-refractivity contribution in [2.75, 3.05) is 12.5 Å². The van der Waals surface area contributed by atoms with E-state index in [1.165, 1.54) is 31.8 Å². The van der Waals surface area contributed by atoms with Crippen molar-refractivity contribution < 1.29 is 24.3 Å². The van der Waals surface area contributed by atoms with E-state index in [4.69, 9.17) is 0 Å². The van der Waals surface area contributed by atoms with Crippen LogP contribution in [0.15, 0.2) is 46.6 Å². The molecule has 1 aromatic carbocycles. The first-order valence-corrected chi connectivity index (χ1v) is 9.79. The number of halogens is 1. The van der Waals surface area contributed by atoms with Crippen molar-refractivity contribution in [1.29, 1.82) is 0 Å². The minimum Gasteiger partial charge on any atom is -0.358 e. The fraction of sp³-hybridized carbons (Fsp3) is 0.368. The predicted octanol–water partition coefficient (Wildman–Crippen LogP) is 5.80. The van der Waals surface area contributed by atoms with Crippen LogP contribution in [0.25, 0.3) is 0 Å². The molecule has 0 N–H and O–H groups in total. The molecule has 0 aliphatic heterocycles. The zero-order valence-corrected chi connectivity index (χ0v) is 20.7. The Hall–Kier alpha value is 0.229. The first-order valence-electron chi connectivity index (χ1n) is 6.74. The molecule has 4 heteroatoms. The molecule has 0 bridgehead atoms. The molecule has 1 aromatic rings. The Balaban J connectivity index is -0.000000273. The van der Waals surface area contributed by atoms with Gasteiger partial charge >= 0.3 is 0 Å². The molecule has 0 atom stereocenters. The quantitative estimate of drug-likeness (QED) is 0.264. The predicted molar refractivity (Wildman–Crippen MR) is 110 cm³/mol. The first-order chi connectivity index (χ1) is 9.68. The normalized spacial score (nSPS) is 13.4. The Morgan fingerprint density at radius 1 is 0.957 bits per heavy atom. The molecule has 1 nitrogen and oxygen atoms in total. The third-order valence-electron chi connectivity index (χ3n) is 3.48. The van der Waals surface area contributed by atoms with Crippen molar-refractivity contribution in [3.05, 3.63) is 69.5 Å². The van der Waals surface area contributed by atoms with E-state index >= 15 is 0 Å². The summed E-state index contributed by atoms with van der Waals surface area (Å²) >= 11 is 2.25. The van der Waals surface area contributed by atoms with Crippen molar-refractivity contribution in [2.24, 2.45) is 0 Å². The van der Waals surface area contributed by atoms with Crippen molar-refractivity contribution in [2.45, 2.75) is 34.6 Å². The van der Waals surface area contributed by atoms with Gasteiger partial charge in [-0.05, 0) is 38.8 Å². The van der Waals surface area contributed by atoms with E-state index in [0.717, 1.165) is 0 Å². The topological polar surface area (TPSA) is 17.1 Å². The van der Waals surface area contributed by atoms with Crippen LogP contribution < -0.4 is 0 Å². The van der Waals surface area contributed by atoms with E-state index in [0.29, 0.717) is 0 Å². The van der Waals surface area contributed by atoms with Gasteiger partial charge in [0.25, 0.3) is 0 Å². The second-order valence-corrected chi connectivity index (χ2v) is 7.82. The summed E-state index contributed by atoms with van der Waals surface area (Å²) in [5, 5.41) is 0. The molecule has 2 rings (SSSR count). The largest absolute Gasteiger partial charge is 0.358 e. The summed E-state index contributed by atoms with van der Waals surface area (Å²) in [6, 6.07) is 10.8. The second-order valence-electron chi connectivity index (χ2n) is 5.09. The van der Waals surface area contributed by atoms with Gasteiger partial charge in [-0.15, -0.1) is 22.6 Å². The molecule has 0 spiro atoms. The van der Waals surface area contributed by atoms with Crippen molar-refractivity contribution >= 4 is 33.4 Å². The van der Waals surface area contributed by atoms with Crippen LogP contribution in [0.4, 0.5) is 0 Å². The van der Waals surface area contributed by atoms with Gasteiger partial charge in [0.15, 0.2) is 0 Å². The van der Waals surface area contributed by atoms with Gasteiger partial charge in [0.1, 0.15) is 0 Å². The van der Waals surface area contributed by atoms with Crippen LogP contribution in [-0.2, 0) is 30.9 Å². The molecule has 0 saturated carbocycles. The van der Waals surface area contributed by atoms with E-state index in [-0.39, 0.29) is 27.5 Å². The number of allylic oxidation sites excluding steroid dienone is 4. The zero-order valence-electron chi connectivity index (χ0n) is 15.3. The summed E-state index contributed by atoms with van der Waals surface area (Å²) in [4.78, 5) is 0. The molecule has 134 valence electrons. The fourth-order valence-electron chi connectivity index (χ4n) is 1.78. The van der Waals surface area contributed by atoms with Gasteiger partial charge in [-0.25, -0.2) is 0 Å². The van der Waals surface area contributed by atoms with Gasteiger partial charge in [-0.1, -0.05) is 21.6 Å². The number of hydrogen-bond acceptors (Lipinski definition) is 1. The SMILES string of the molecule is CS(C)=O.C[C]1C(C)=C(C)C(C)=C1C.Ic1c[c-]ccc1.[CH3-].[Ir]. The molecule has 0 unspecified atom stereocenters. The van der Waals surface area contributed by atoms with Crippen molar-refractivity contribution in [3.8, 4) is 0 Å². The maximum Gasteiger partial charge on any atom is 0.0226 e. The molecule has 0 amide bonds. The summed E-state index contributed by atoms with van der Waals surface area (Å²) in [6.07, 6.45) is 3.28. The van der Waals surface area contributed by atoms with Gasteiger partial charge in [0.2, 0.25) is 0 Å². The van der Waals surface area contributed by atoms with Crippen LogP contribution in [-0.4, -0.2) is 16.7 Å². The molecule has 1 aliphatic rings. The van der Waals surface area contributed by atoms with E-state index in [2.05, 4.69) is 63.3 Å². The molecule has 23 heavy (non-hydrogen) atoms. The molecule has 0 aromatic heterocycles. The van der Waals surface area contributed by atoms with E-state index < -0.39 is 10.8 Å². The van der Waals surface area contributed by atoms with Crippen LogP contribution in [0.3, 0.4) is 0 Å². The zero-order chi connectivity index (χ0) is 16.6. The van der Waals surface area contributed by atoms with E-state index in [9.17, 15) is 4.21 Å².